The van der Waals surface area contributed by atoms with Crippen LogP contribution in [0.15, 0.2) is 27.4 Å². The fraction of sp³-hybridized carbons (Fsp3) is 0.467. The first-order chi connectivity index (χ1) is 10.7. The summed E-state index contributed by atoms with van der Waals surface area (Å²) in [4.78, 5) is 11.8. The average Bonchev–Trinajstić information content (AvgIpc) is 3.03. The lowest BCUT2D eigenvalue weighted by Gasteiger charge is -2.19. The SMILES string of the molecule is CC(NCc1cn[nH]c1NC(=O)OC(C)(C)C)c1ccc(Br)o1. The van der Waals surface area contributed by atoms with Crippen LogP contribution in [0, 0.1) is 0 Å². The van der Waals surface area contributed by atoms with E-state index in [9.17, 15) is 4.79 Å². The normalized spacial score (nSPS) is 12.9. The summed E-state index contributed by atoms with van der Waals surface area (Å²) < 4.78 is 11.4. The van der Waals surface area contributed by atoms with Crippen molar-refractivity contribution in [2.24, 2.45) is 0 Å². The highest BCUT2D eigenvalue weighted by Gasteiger charge is 2.18. The Balaban J connectivity index is 1.92. The molecule has 0 fully saturated rings. The predicted octanol–water partition coefficient (Wildman–Crippen LogP) is 3.96. The number of hydrogen-bond donors (Lipinski definition) is 3. The molecule has 1 amide bonds. The van der Waals surface area contributed by atoms with Crippen molar-refractivity contribution < 1.29 is 13.9 Å². The summed E-state index contributed by atoms with van der Waals surface area (Å²) in [5, 5.41) is 12.7. The van der Waals surface area contributed by atoms with E-state index in [1.165, 1.54) is 0 Å². The molecular formula is C15H21BrN4O3. The maximum absolute atomic E-state index is 11.8. The lowest BCUT2D eigenvalue weighted by Crippen LogP contribution is -2.28. The van der Waals surface area contributed by atoms with Gasteiger partial charge in [0.1, 0.15) is 17.2 Å². The summed E-state index contributed by atoms with van der Waals surface area (Å²) in [7, 11) is 0. The van der Waals surface area contributed by atoms with Gasteiger partial charge in [0.15, 0.2) is 4.67 Å². The van der Waals surface area contributed by atoms with E-state index >= 15 is 0 Å². The standard InChI is InChI=1S/C15H21BrN4O3/c1-9(11-5-6-12(16)22-11)17-7-10-8-18-20-13(10)19-14(21)23-15(2,3)4/h5-6,8-9,17H,7H2,1-4H3,(H2,18,19,20,21). The molecule has 0 saturated heterocycles. The first-order valence-electron chi connectivity index (χ1n) is 7.25. The van der Waals surface area contributed by atoms with E-state index in [0.717, 1.165) is 11.3 Å². The summed E-state index contributed by atoms with van der Waals surface area (Å²) >= 11 is 3.28. The molecule has 23 heavy (non-hydrogen) atoms. The minimum Gasteiger partial charge on any atom is -0.453 e. The topological polar surface area (TPSA) is 92.2 Å². The van der Waals surface area contributed by atoms with Gasteiger partial charge in [-0.3, -0.25) is 10.4 Å². The fourth-order valence-corrected chi connectivity index (χ4v) is 2.20. The van der Waals surface area contributed by atoms with Gasteiger partial charge in [0.05, 0.1) is 12.2 Å². The maximum atomic E-state index is 11.8. The van der Waals surface area contributed by atoms with E-state index in [-0.39, 0.29) is 6.04 Å². The Morgan fingerprint density at radius 2 is 2.22 bits per heavy atom. The molecule has 2 aromatic heterocycles. The van der Waals surface area contributed by atoms with Gasteiger partial charge >= 0.3 is 6.09 Å². The molecule has 2 heterocycles. The van der Waals surface area contributed by atoms with Gasteiger partial charge in [0, 0.05) is 12.1 Å². The summed E-state index contributed by atoms with van der Waals surface area (Å²) in [6, 6.07) is 3.77. The number of halogens is 1. The molecule has 0 radical (unpaired) electrons. The Morgan fingerprint density at radius 1 is 1.48 bits per heavy atom. The Labute approximate surface area is 143 Å². The van der Waals surface area contributed by atoms with Crippen LogP contribution in [0.2, 0.25) is 0 Å². The third kappa shape index (κ3) is 5.40. The first kappa shape index (κ1) is 17.6. The number of aromatic nitrogens is 2. The Kier molecular flexibility index (Phi) is 5.48. The number of hydrogen-bond acceptors (Lipinski definition) is 5. The van der Waals surface area contributed by atoms with Crippen molar-refractivity contribution in [2.45, 2.75) is 45.9 Å². The number of carbonyl (C=O) groups is 1. The highest BCUT2D eigenvalue weighted by molar-refractivity contribution is 9.10. The number of H-pyrrole nitrogens is 1. The highest BCUT2D eigenvalue weighted by atomic mass is 79.9. The monoisotopic (exact) mass is 384 g/mol. The maximum Gasteiger partial charge on any atom is 0.413 e. The third-order valence-corrected chi connectivity index (χ3v) is 3.39. The number of rotatable bonds is 5. The second-order valence-corrected chi connectivity index (χ2v) is 6.92. The van der Waals surface area contributed by atoms with Crippen molar-refractivity contribution in [1.29, 1.82) is 0 Å². The van der Waals surface area contributed by atoms with Gasteiger partial charge in [-0.25, -0.2) is 4.79 Å². The lowest BCUT2D eigenvalue weighted by molar-refractivity contribution is 0.0635. The zero-order valence-electron chi connectivity index (χ0n) is 13.6. The average molecular weight is 385 g/mol. The van der Waals surface area contributed by atoms with Gasteiger partial charge in [-0.2, -0.15) is 5.10 Å². The molecule has 0 bridgehead atoms. The van der Waals surface area contributed by atoms with Crippen LogP contribution in [0.1, 0.15) is 45.1 Å². The Morgan fingerprint density at radius 3 is 2.83 bits per heavy atom. The van der Waals surface area contributed by atoms with Gasteiger partial charge in [-0.1, -0.05) is 0 Å². The van der Waals surface area contributed by atoms with Crippen molar-refractivity contribution in [3.05, 3.63) is 34.3 Å². The van der Waals surface area contributed by atoms with Gasteiger partial charge in [0.2, 0.25) is 0 Å². The molecule has 8 heteroatoms. The number of anilines is 1. The van der Waals surface area contributed by atoms with E-state index in [1.54, 1.807) is 6.20 Å². The lowest BCUT2D eigenvalue weighted by atomic mass is 10.2. The molecule has 1 unspecified atom stereocenters. The molecule has 3 N–H and O–H groups in total. The minimum atomic E-state index is -0.552. The van der Waals surface area contributed by atoms with Crippen molar-refractivity contribution in [1.82, 2.24) is 15.5 Å². The molecule has 1 atom stereocenters. The molecule has 0 aliphatic heterocycles. The number of nitrogens with one attached hydrogen (secondary N) is 3. The van der Waals surface area contributed by atoms with Crippen LogP contribution in [0.3, 0.4) is 0 Å². The molecule has 7 nitrogen and oxygen atoms in total. The predicted molar refractivity (Wildman–Crippen MR) is 90.1 cm³/mol. The van der Waals surface area contributed by atoms with E-state index in [1.807, 2.05) is 39.8 Å². The summed E-state index contributed by atoms with van der Waals surface area (Å²) in [6.07, 6.45) is 1.14. The van der Waals surface area contributed by atoms with Crippen LogP contribution in [0.25, 0.3) is 0 Å². The van der Waals surface area contributed by atoms with E-state index in [2.05, 4.69) is 36.8 Å². The van der Waals surface area contributed by atoms with Crippen LogP contribution in [-0.2, 0) is 11.3 Å². The minimum absolute atomic E-state index is 0.0191. The molecule has 0 aliphatic carbocycles. The number of aromatic amines is 1. The van der Waals surface area contributed by atoms with Crippen LogP contribution in [0.5, 0.6) is 0 Å². The molecule has 0 aliphatic rings. The second kappa shape index (κ2) is 7.18. The van der Waals surface area contributed by atoms with Gasteiger partial charge in [-0.15, -0.1) is 0 Å². The summed E-state index contributed by atoms with van der Waals surface area (Å²) in [6.45, 7) is 7.94. The van der Waals surface area contributed by atoms with Gasteiger partial charge in [0.25, 0.3) is 0 Å². The van der Waals surface area contributed by atoms with Gasteiger partial charge in [-0.05, 0) is 55.8 Å². The van der Waals surface area contributed by atoms with E-state index in [0.29, 0.717) is 17.0 Å². The number of ether oxygens (including phenoxy) is 1. The van der Waals surface area contributed by atoms with Crippen LogP contribution >= 0.6 is 15.9 Å². The number of furan rings is 1. The van der Waals surface area contributed by atoms with Crippen molar-refractivity contribution in [3.8, 4) is 0 Å². The molecule has 2 aromatic rings. The molecular weight excluding hydrogens is 364 g/mol. The van der Waals surface area contributed by atoms with Crippen LogP contribution in [0.4, 0.5) is 10.6 Å². The van der Waals surface area contributed by atoms with E-state index in [4.69, 9.17) is 9.15 Å². The Bertz CT molecular complexity index is 660. The van der Waals surface area contributed by atoms with Crippen molar-refractivity contribution >= 4 is 27.8 Å². The smallest absolute Gasteiger partial charge is 0.413 e. The molecule has 0 spiro atoms. The number of carbonyl (C=O) groups excluding carboxylic acids is 1. The summed E-state index contributed by atoms with van der Waals surface area (Å²) in [5.41, 5.74) is 0.275. The summed E-state index contributed by atoms with van der Waals surface area (Å²) in [5.74, 6) is 1.33. The first-order valence-corrected chi connectivity index (χ1v) is 8.05. The quantitative estimate of drug-likeness (QED) is 0.725. The Hall–Kier alpha value is -1.80. The van der Waals surface area contributed by atoms with E-state index < -0.39 is 11.7 Å². The zero-order chi connectivity index (χ0) is 17.0. The zero-order valence-corrected chi connectivity index (χ0v) is 15.2. The molecule has 0 saturated carbocycles. The van der Waals surface area contributed by atoms with Crippen LogP contribution in [-0.4, -0.2) is 21.9 Å². The fourth-order valence-electron chi connectivity index (χ4n) is 1.88. The largest absolute Gasteiger partial charge is 0.453 e. The molecule has 0 aromatic carbocycles. The highest BCUT2D eigenvalue weighted by Crippen LogP contribution is 2.21. The molecule has 126 valence electrons. The van der Waals surface area contributed by atoms with Crippen LogP contribution < -0.4 is 10.6 Å². The third-order valence-electron chi connectivity index (χ3n) is 2.96. The number of amides is 1. The molecule has 2 rings (SSSR count). The number of nitrogens with zero attached hydrogens (tertiary/aromatic N) is 1. The second-order valence-electron chi connectivity index (χ2n) is 6.14. The van der Waals surface area contributed by atoms with Crippen molar-refractivity contribution in [3.63, 3.8) is 0 Å². The van der Waals surface area contributed by atoms with Gasteiger partial charge < -0.3 is 14.5 Å². The van der Waals surface area contributed by atoms with Crippen molar-refractivity contribution in [2.75, 3.05) is 5.32 Å².